The Hall–Kier alpha value is -3.59. The number of nitrogens with zero attached hydrogens (tertiary/aromatic N) is 3. The molecule has 1 unspecified atom stereocenters. The summed E-state index contributed by atoms with van der Waals surface area (Å²) in [5.41, 5.74) is 1.72. The molecule has 2 aromatic carbocycles. The Labute approximate surface area is 151 Å². The van der Waals surface area contributed by atoms with E-state index in [1.54, 1.807) is 59.4 Å². The number of hydrogen-bond donors (Lipinski definition) is 1. The molecule has 0 aliphatic rings. The van der Waals surface area contributed by atoms with E-state index in [2.05, 4.69) is 16.5 Å². The van der Waals surface area contributed by atoms with Gasteiger partial charge in [0, 0.05) is 18.8 Å². The lowest BCUT2D eigenvalue weighted by Gasteiger charge is -2.15. The number of carbonyl (C=O) groups is 1. The Morgan fingerprint density at radius 2 is 1.88 bits per heavy atom. The summed E-state index contributed by atoms with van der Waals surface area (Å²) < 4.78 is 7.53. The lowest BCUT2D eigenvalue weighted by Crippen LogP contribution is -2.26. The van der Waals surface area contributed by atoms with Crippen molar-refractivity contribution in [2.45, 2.75) is 13.0 Å². The van der Waals surface area contributed by atoms with E-state index in [1.807, 2.05) is 20.2 Å². The maximum absolute atomic E-state index is 12.7. The zero-order valence-electron chi connectivity index (χ0n) is 14.5. The van der Waals surface area contributed by atoms with E-state index in [0.29, 0.717) is 22.6 Å². The minimum atomic E-state index is -0.258. The second kappa shape index (κ2) is 7.53. The maximum atomic E-state index is 12.7. The number of rotatable bonds is 5. The van der Waals surface area contributed by atoms with Crippen LogP contribution in [0.5, 0.6) is 11.5 Å². The van der Waals surface area contributed by atoms with Crippen molar-refractivity contribution in [2.75, 3.05) is 0 Å². The largest absolute Gasteiger partial charge is 0.455 e. The molecule has 1 atom stereocenters. The van der Waals surface area contributed by atoms with Gasteiger partial charge in [0.1, 0.15) is 17.6 Å². The van der Waals surface area contributed by atoms with Gasteiger partial charge in [-0.05, 0) is 31.2 Å². The van der Waals surface area contributed by atoms with Crippen molar-refractivity contribution in [2.24, 2.45) is 7.05 Å². The number of amides is 1. The Balaban J connectivity index is 1.82. The van der Waals surface area contributed by atoms with E-state index in [-0.39, 0.29) is 11.9 Å². The quantitative estimate of drug-likeness (QED) is 0.766. The molecule has 1 amide bonds. The van der Waals surface area contributed by atoms with Crippen LogP contribution in [0.3, 0.4) is 0 Å². The highest BCUT2D eigenvalue weighted by Gasteiger charge is 2.17. The van der Waals surface area contributed by atoms with Gasteiger partial charge < -0.3 is 10.1 Å². The van der Waals surface area contributed by atoms with Crippen LogP contribution in [0.4, 0.5) is 0 Å². The zero-order chi connectivity index (χ0) is 18.5. The van der Waals surface area contributed by atoms with Crippen molar-refractivity contribution in [3.8, 4) is 17.6 Å². The van der Waals surface area contributed by atoms with Crippen molar-refractivity contribution >= 4 is 5.91 Å². The highest BCUT2D eigenvalue weighted by atomic mass is 16.5. The Bertz CT molecular complexity index is 972. The Morgan fingerprint density at radius 1 is 1.19 bits per heavy atom. The first-order valence-corrected chi connectivity index (χ1v) is 8.14. The highest BCUT2D eigenvalue weighted by molar-refractivity contribution is 5.97. The van der Waals surface area contributed by atoms with Gasteiger partial charge in [-0.25, -0.2) is 0 Å². The summed E-state index contributed by atoms with van der Waals surface area (Å²) in [4.78, 5) is 12.7. The summed E-state index contributed by atoms with van der Waals surface area (Å²) in [5.74, 6) is 0.549. The third-order valence-electron chi connectivity index (χ3n) is 3.93. The van der Waals surface area contributed by atoms with Crippen molar-refractivity contribution in [3.05, 3.63) is 77.6 Å². The van der Waals surface area contributed by atoms with E-state index in [9.17, 15) is 10.1 Å². The number of hydrogen-bond acceptors (Lipinski definition) is 4. The standard InChI is InChI=1S/C20H18N4O2/c1-14(16-12-22-24(2)13-16)23-20(25)17-8-4-6-10-19(17)26-18-9-5-3-7-15(18)11-21/h3-10,12-14H,1-2H3,(H,23,25). The molecule has 26 heavy (non-hydrogen) atoms. The van der Waals surface area contributed by atoms with Gasteiger partial charge in [0.2, 0.25) is 0 Å². The molecule has 130 valence electrons. The second-order valence-electron chi connectivity index (χ2n) is 5.85. The molecule has 0 bridgehead atoms. The van der Waals surface area contributed by atoms with Gasteiger partial charge in [-0.3, -0.25) is 9.48 Å². The molecule has 0 saturated carbocycles. The molecule has 0 spiro atoms. The second-order valence-corrected chi connectivity index (χ2v) is 5.85. The van der Waals surface area contributed by atoms with Gasteiger partial charge in [0.15, 0.2) is 0 Å². The molecule has 1 aromatic heterocycles. The predicted octanol–water partition coefficient (Wildman–Crippen LogP) is 3.58. The number of carbonyl (C=O) groups excluding carboxylic acids is 1. The van der Waals surface area contributed by atoms with Crippen LogP contribution in [0.15, 0.2) is 60.9 Å². The first kappa shape index (κ1) is 17.2. The van der Waals surface area contributed by atoms with E-state index in [4.69, 9.17) is 4.74 Å². The van der Waals surface area contributed by atoms with Crippen LogP contribution in [-0.2, 0) is 7.05 Å². The van der Waals surface area contributed by atoms with Crippen LogP contribution in [0, 0.1) is 11.3 Å². The fourth-order valence-corrected chi connectivity index (χ4v) is 2.53. The average Bonchev–Trinajstić information content (AvgIpc) is 3.09. The molecular weight excluding hydrogens is 328 g/mol. The summed E-state index contributed by atoms with van der Waals surface area (Å²) in [6, 6.07) is 15.8. The summed E-state index contributed by atoms with van der Waals surface area (Å²) in [5, 5.41) is 16.3. The fourth-order valence-electron chi connectivity index (χ4n) is 2.53. The molecule has 0 aliphatic heterocycles. The Morgan fingerprint density at radius 3 is 2.58 bits per heavy atom. The molecule has 0 aliphatic carbocycles. The number of para-hydroxylation sites is 2. The first-order chi connectivity index (χ1) is 12.6. The fraction of sp³-hybridized carbons (Fsp3) is 0.150. The third kappa shape index (κ3) is 3.73. The van der Waals surface area contributed by atoms with Gasteiger partial charge in [0.05, 0.1) is 23.4 Å². The average molecular weight is 346 g/mol. The monoisotopic (exact) mass is 346 g/mol. The van der Waals surface area contributed by atoms with Gasteiger partial charge in [-0.1, -0.05) is 24.3 Å². The topological polar surface area (TPSA) is 79.9 Å². The number of nitrogens with one attached hydrogen (secondary N) is 1. The van der Waals surface area contributed by atoms with Crippen LogP contribution in [0.1, 0.15) is 34.5 Å². The van der Waals surface area contributed by atoms with E-state index < -0.39 is 0 Å². The van der Waals surface area contributed by atoms with Gasteiger partial charge in [-0.15, -0.1) is 0 Å². The van der Waals surface area contributed by atoms with Crippen molar-refractivity contribution in [3.63, 3.8) is 0 Å². The number of aromatic nitrogens is 2. The molecule has 1 heterocycles. The van der Waals surface area contributed by atoms with Crippen LogP contribution < -0.4 is 10.1 Å². The van der Waals surface area contributed by atoms with Crippen molar-refractivity contribution < 1.29 is 9.53 Å². The molecule has 0 saturated heterocycles. The van der Waals surface area contributed by atoms with Crippen LogP contribution in [0.2, 0.25) is 0 Å². The normalized spacial score (nSPS) is 11.4. The lowest BCUT2D eigenvalue weighted by atomic mass is 10.1. The van der Waals surface area contributed by atoms with Gasteiger partial charge >= 0.3 is 0 Å². The van der Waals surface area contributed by atoms with E-state index in [0.717, 1.165) is 5.56 Å². The van der Waals surface area contributed by atoms with Gasteiger partial charge in [0.25, 0.3) is 5.91 Å². The molecule has 0 radical (unpaired) electrons. The summed E-state index contributed by atoms with van der Waals surface area (Å²) >= 11 is 0. The van der Waals surface area contributed by atoms with E-state index in [1.165, 1.54) is 0 Å². The number of nitriles is 1. The summed E-state index contributed by atoms with van der Waals surface area (Å²) in [6.45, 7) is 1.89. The molecule has 0 fully saturated rings. The lowest BCUT2D eigenvalue weighted by molar-refractivity contribution is 0.0937. The summed E-state index contributed by atoms with van der Waals surface area (Å²) in [7, 11) is 1.83. The number of ether oxygens (including phenoxy) is 1. The first-order valence-electron chi connectivity index (χ1n) is 8.14. The number of benzene rings is 2. The van der Waals surface area contributed by atoms with Crippen LogP contribution in [-0.4, -0.2) is 15.7 Å². The van der Waals surface area contributed by atoms with Crippen molar-refractivity contribution in [1.29, 1.82) is 5.26 Å². The minimum Gasteiger partial charge on any atom is -0.455 e. The highest BCUT2D eigenvalue weighted by Crippen LogP contribution is 2.28. The van der Waals surface area contributed by atoms with Crippen molar-refractivity contribution in [1.82, 2.24) is 15.1 Å². The predicted molar refractivity (Wildman–Crippen MR) is 96.8 cm³/mol. The molecule has 1 N–H and O–H groups in total. The van der Waals surface area contributed by atoms with Gasteiger partial charge in [-0.2, -0.15) is 10.4 Å². The molecule has 6 nitrogen and oxygen atoms in total. The maximum Gasteiger partial charge on any atom is 0.255 e. The molecule has 6 heteroatoms. The summed E-state index contributed by atoms with van der Waals surface area (Å²) in [6.07, 6.45) is 3.58. The smallest absolute Gasteiger partial charge is 0.255 e. The minimum absolute atomic E-state index is 0.198. The SMILES string of the molecule is CC(NC(=O)c1ccccc1Oc1ccccc1C#N)c1cnn(C)c1. The molecular formula is C20H18N4O2. The van der Waals surface area contributed by atoms with Crippen LogP contribution >= 0.6 is 0 Å². The van der Waals surface area contributed by atoms with Crippen LogP contribution in [0.25, 0.3) is 0 Å². The molecule has 3 aromatic rings. The zero-order valence-corrected chi connectivity index (χ0v) is 14.5. The van der Waals surface area contributed by atoms with E-state index >= 15 is 0 Å². The molecule has 3 rings (SSSR count). The third-order valence-corrected chi connectivity index (χ3v) is 3.93. The number of aryl methyl sites for hydroxylation is 1. The Kier molecular flexibility index (Phi) is 4.99.